The van der Waals surface area contributed by atoms with E-state index in [2.05, 4.69) is 4.98 Å². The molecule has 0 spiro atoms. The summed E-state index contributed by atoms with van der Waals surface area (Å²) in [6.07, 6.45) is 3.22. The third-order valence-corrected chi connectivity index (χ3v) is 4.65. The first-order chi connectivity index (χ1) is 12.8. The number of amides is 1. The molecule has 2 aromatic rings. The fourth-order valence-electron chi connectivity index (χ4n) is 3.21. The molecule has 0 bridgehead atoms. The summed E-state index contributed by atoms with van der Waals surface area (Å²) in [4.78, 5) is 18.8. The van der Waals surface area contributed by atoms with Crippen LogP contribution in [0.15, 0.2) is 42.6 Å². The zero-order valence-corrected chi connectivity index (χ0v) is 14.6. The Morgan fingerprint density at radius 3 is 2.81 bits per heavy atom. The van der Waals surface area contributed by atoms with Gasteiger partial charge in [-0.15, -0.1) is 0 Å². The maximum atomic E-state index is 12.6. The fourth-order valence-corrected chi connectivity index (χ4v) is 3.21. The van der Waals surface area contributed by atoms with Crippen LogP contribution in [0.2, 0.25) is 0 Å². The van der Waals surface area contributed by atoms with Crippen molar-refractivity contribution in [2.75, 3.05) is 32.9 Å². The monoisotopic (exact) mass is 354 g/mol. The van der Waals surface area contributed by atoms with E-state index in [9.17, 15) is 4.79 Å². The molecular formula is C20H22N2O4. The number of rotatable bonds is 4. The molecule has 6 heteroatoms. The molecule has 1 aromatic heterocycles. The second-order valence-electron chi connectivity index (χ2n) is 6.48. The number of hydrogen-bond donors (Lipinski definition) is 0. The van der Waals surface area contributed by atoms with E-state index in [0.29, 0.717) is 38.5 Å². The highest BCUT2D eigenvalue weighted by atomic mass is 16.6. The molecule has 1 fully saturated rings. The highest BCUT2D eigenvalue weighted by Crippen LogP contribution is 2.31. The Hall–Kier alpha value is -2.60. The van der Waals surface area contributed by atoms with Crippen LogP contribution >= 0.6 is 0 Å². The van der Waals surface area contributed by atoms with Crippen molar-refractivity contribution < 1.29 is 19.0 Å². The van der Waals surface area contributed by atoms with Crippen LogP contribution in [-0.2, 0) is 11.2 Å². The van der Waals surface area contributed by atoms with E-state index < -0.39 is 0 Å². The van der Waals surface area contributed by atoms with Crippen LogP contribution < -0.4 is 9.47 Å². The number of morpholine rings is 1. The van der Waals surface area contributed by atoms with Crippen molar-refractivity contribution in [3.63, 3.8) is 0 Å². The summed E-state index contributed by atoms with van der Waals surface area (Å²) in [5.41, 5.74) is 1.58. The van der Waals surface area contributed by atoms with Gasteiger partial charge in [0.25, 0.3) is 5.91 Å². The summed E-state index contributed by atoms with van der Waals surface area (Å²) in [7, 11) is 0. The van der Waals surface area contributed by atoms with Crippen molar-refractivity contribution in [2.24, 2.45) is 0 Å². The van der Waals surface area contributed by atoms with Crippen molar-refractivity contribution in [1.29, 1.82) is 0 Å². The maximum Gasteiger partial charge on any atom is 0.254 e. The zero-order valence-electron chi connectivity index (χ0n) is 14.6. The van der Waals surface area contributed by atoms with E-state index in [-0.39, 0.29) is 12.0 Å². The summed E-state index contributed by atoms with van der Waals surface area (Å²) in [6, 6.07) is 11.4. The van der Waals surface area contributed by atoms with E-state index in [0.717, 1.165) is 30.0 Å². The Bertz CT molecular complexity index is 774. The van der Waals surface area contributed by atoms with Gasteiger partial charge >= 0.3 is 0 Å². The molecule has 4 rings (SSSR count). The maximum absolute atomic E-state index is 12.6. The largest absolute Gasteiger partial charge is 0.486 e. The lowest BCUT2D eigenvalue weighted by Crippen LogP contribution is -2.40. The number of benzene rings is 1. The first kappa shape index (κ1) is 16.8. The van der Waals surface area contributed by atoms with Crippen molar-refractivity contribution in [3.05, 3.63) is 53.9 Å². The van der Waals surface area contributed by atoms with Gasteiger partial charge in [-0.25, -0.2) is 0 Å². The molecule has 1 aromatic carbocycles. The van der Waals surface area contributed by atoms with Crippen LogP contribution in [0, 0.1) is 0 Å². The molecule has 0 N–H and O–H groups in total. The molecule has 6 nitrogen and oxygen atoms in total. The van der Waals surface area contributed by atoms with Gasteiger partial charge in [-0.1, -0.05) is 12.1 Å². The number of para-hydroxylation sites is 2. The summed E-state index contributed by atoms with van der Waals surface area (Å²) in [5, 5.41) is 0. The van der Waals surface area contributed by atoms with Crippen molar-refractivity contribution in [3.8, 4) is 11.5 Å². The molecule has 1 atom stereocenters. The molecule has 0 saturated carbocycles. The number of carbonyl (C=O) groups excluding carboxylic acids is 1. The Kier molecular flexibility index (Phi) is 5.02. The first-order valence-electron chi connectivity index (χ1n) is 9.00. The lowest BCUT2D eigenvalue weighted by molar-refractivity contribution is 0.0302. The Morgan fingerprint density at radius 1 is 1.15 bits per heavy atom. The second kappa shape index (κ2) is 7.74. The molecule has 2 aliphatic heterocycles. The van der Waals surface area contributed by atoms with E-state index in [1.807, 2.05) is 35.2 Å². The van der Waals surface area contributed by atoms with E-state index in [4.69, 9.17) is 14.2 Å². The van der Waals surface area contributed by atoms with Gasteiger partial charge in [-0.2, -0.15) is 0 Å². The molecule has 0 unspecified atom stereocenters. The van der Waals surface area contributed by atoms with E-state index >= 15 is 0 Å². The third-order valence-electron chi connectivity index (χ3n) is 4.65. The average molecular weight is 354 g/mol. The molecule has 2 aliphatic rings. The SMILES string of the molecule is O=C(c1ccnc(CC[C@H]2COc3ccccc3O2)c1)N1CCOCC1. The number of aromatic nitrogens is 1. The van der Waals surface area contributed by atoms with Crippen LogP contribution in [0.4, 0.5) is 0 Å². The van der Waals surface area contributed by atoms with Crippen molar-refractivity contribution in [2.45, 2.75) is 18.9 Å². The van der Waals surface area contributed by atoms with Gasteiger partial charge in [0.15, 0.2) is 11.5 Å². The second-order valence-corrected chi connectivity index (χ2v) is 6.48. The lowest BCUT2D eigenvalue weighted by atomic mass is 10.1. The Balaban J connectivity index is 1.36. The van der Waals surface area contributed by atoms with Gasteiger partial charge in [0.05, 0.1) is 13.2 Å². The van der Waals surface area contributed by atoms with Crippen LogP contribution in [0.5, 0.6) is 11.5 Å². The van der Waals surface area contributed by atoms with Gasteiger partial charge < -0.3 is 19.1 Å². The first-order valence-corrected chi connectivity index (χ1v) is 9.00. The predicted molar refractivity (Wildman–Crippen MR) is 95.6 cm³/mol. The molecule has 0 aliphatic carbocycles. The van der Waals surface area contributed by atoms with Gasteiger partial charge in [0, 0.05) is 30.5 Å². The van der Waals surface area contributed by atoms with Gasteiger partial charge in [-0.3, -0.25) is 9.78 Å². The smallest absolute Gasteiger partial charge is 0.254 e. The standard InChI is InChI=1S/C20H22N2O4/c23-20(22-9-11-24-12-10-22)15-7-8-21-16(13-15)5-6-17-14-25-18-3-1-2-4-19(18)26-17/h1-4,7-8,13,17H,5-6,9-12,14H2/t17-/m0/s1. The third kappa shape index (κ3) is 3.80. The predicted octanol–water partition coefficient (Wildman–Crippen LogP) is 2.33. The minimum absolute atomic E-state index is 0.00898. The Labute approximate surface area is 152 Å². The summed E-state index contributed by atoms with van der Waals surface area (Å²) in [6.45, 7) is 3.02. The minimum atomic E-state index is -0.00898. The van der Waals surface area contributed by atoms with Crippen molar-refractivity contribution in [1.82, 2.24) is 9.88 Å². The lowest BCUT2D eigenvalue weighted by Gasteiger charge is -2.27. The number of aryl methyl sites for hydroxylation is 1. The number of nitrogens with zero attached hydrogens (tertiary/aromatic N) is 2. The highest BCUT2D eigenvalue weighted by molar-refractivity contribution is 5.94. The summed E-state index contributed by atoms with van der Waals surface area (Å²) < 4.78 is 17.0. The van der Waals surface area contributed by atoms with Crippen LogP contribution in [0.3, 0.4) is 0 Å². The number of hydrogen-bond acceptors (Lipinski definition) is 5. The number of pyridine rings is 1. The highest BCUT2D eigenvalue weighted by Gasteiger charge is 2.22. The normalized spacial score (nSPS) is 19.2. The molecule has 0 radical (unpaired) electrons. The molecule has 136 valence electrons. The fraction of sp³-hybridized carbons (Fsp3) is 0.400. The summed E-state index contributed by atoms with van der Waals surface area (Å²) >= 11 is 0. The molecule has 3 heterocycles. The quantitative estimate of drug-likeness (QED) is 0.843. The van der Waals surface area contributed by atoms with Crippen LogP contribution in [-0.4, -0.2) is 54.8 Å². The van der Waals surface area contributed by atoms with E-state index in [1.54, 1.807) is 12.3 Å². The molecule has 1 saturated heterocycles. The van der Waals surface area contributed by atoms with Crippen LogP contribution in [0.1, 0.15) is 22.5 Å². The topological polar surface area (TPSA) is 60.9 Å². The van der Waals surface area contributed by atoms with Gasteiger partial charge in [-0.05, 0) is 37.1 Å². The molecule has 26 heavy (non-hydrogen) atoms. The number of fused-ring (bicyclic) bond motifs is 1. The average Bonchev–Trinajstić information content (AvgIpc) is 2.72. The molecule has 1 amide bonds. The van der Waals surface area contributed by atoms with Crippen LogP contribution in [0.25, 0.3) is 0 Å². The van der Waals surface area contributed by atoms with Crippen molar-refractivity contribution >= 4 is 5.91 Å². The van der Waals surface area contributed by atoms with Gasteiger partial charge in [0.1, 0.15) is 12.7 Å². The number of carbonyl (C=O) groups is 1. The zero-order chi connectivity index (χ0) is 17.8. The Morgan fingerprint density at radius 2 is 1.96 bits per heavy atom. The van der Waals surface area contributed by atoms with Gasteiger partial charge in [0.2, 0.25) is 0 Å². The minimum Gasteiger partial charge on any atom is -0.486 e. The summed E-state index contributed by atoms with van der Waals surface area (Å²) in [5.74, 6) is 1.62. The number of ether oxygens (including phenoxy) is 3. The molecular weight excluding hydrogens is 332 g/mol. The van der Waals surface area contributed by atoms with E-state index in [1.165, 1.54) is 0 Å².